The van der Waals surface area contributed by atoms with Crippen molar-refractivity contribution in [2.24, 2.45) is 5.92 Å². The third-order valence-corrected chi connectivity index (χ3v) is 5.76. The van der Waals surface area contributed by atoms with Crippen LogP contribution in [0.3, 0.4) is 0 Å². The highest BCUT2D eigenvalue weighted by molar-refractivity contribution is 7.12. The van der Waals surface area contributed by atoms with E-state index in [0.29, 0.717) is 12.5 Å². The minimum absolute atomic E-state index is 0.0235. The van der Waals surface area contributed by atoms with Crippen LogP contribution in [0.15, 0.2) is 29.6 Å². The van der Waals surface area contributed by atoms with Crippen LogP contribution in [-0.4, -0.2) is 41.5 Å². The largest absolute Gasteiger partial charge is 0.338 e. The number of hydrogen-bond acceptors (Lipinski definition) is 4. The van der Waals surface area contributed by atoms with E-state index in [1.807, 2.05) is 22.4 Å². The minimum Gasteiger partial charge on any atom is -0.338 e. The fourth-order valence-electron chi connectivity index (χ4n) is 3.46. The second kappa shape index (κ2) is 10.3. The van der Waals surface area contributed by atoms with Gasteiger partial charge in [0.2, 0.25) is 11.9 Å². The van der Waals surface area contributed by atoms with Crippen LogP contribution >= 0.6 is 11.3 Å². The molecule has 9 heteroatoms. The number of nitrogens with one attached hydrogen (secondary N) is 2. The molecule has 0 radical (unpaired) electrons. The standard InChI is InChI=1S/C20H24F2N4O2S/c21-17-11-15(12-18(22)25-17)24-20(28)23-8-3-1-2-5-14-7-9-26(13-14)19(27)16-6-4-10-29-16/h4,6,10-12,14H,1-3,5,7-9,13H2,(H2,23,24,25,28). The summed E-state index contributed by atoms with van der Waals surface area (Å²) in [5, 5.41) is 6.97. The van der Waals surface area contributed by atoms with Gasteiger partial charge in [-0.15, -0.1) is 11.3 Å². The summed E-state index contributed by atoms with van der Waals surface area (Å²) in [6, 6.07) is 5.17. The van der Waals surface area contributed by atoms with Gasteiger partial charge in [-0.05, 0) is 36.6 Å². The molecule has 3 rings (SSSR count). The molecular weight excluding hydrogens is 398 g/mol. The highest BCUT2D eigenvalue weighted by Crippen LogP contribution is 2.24. The Balaban J connectivity index is 1.26. The Morgan fingerprint density at radius 1 is 1.21 bits per heavy atom. The lowest BCUT2D eigenvalue weighted by atomic mass is 10.0. The number of thiophene rings is 1. The number of aromatic nitrogens is 1. The van der Waals surface area contributed by atoms with Crippen molar-refractivity contribution in [3.05, 3.63) is 46.4 Å². The molecule has 2 N–H and O–H groups in total. The molecule has 1 fully saturated rings. The highest BCUT2D eigenvalue weighted by Gasteiger charge is 2.26. The van der Waals surface area contributed by atoms with E-state index in [9.17, 15) is 18.4 Å². The van der Waals surface area contributed by atoms with Crippen LogP contribution in [0.1, 0.15) is 41.8 Å². The average Bonchev–Trinajstić information content (AvgIpc) is 3.35. The Morgan fingerprint density at radius 3 is 2.72 bits per heavy atom. The van der Waals surface area contributed by atoms with Gasteiger partial charge in [-0.3, -0.25) is 4.79 Å². The number of halogens is 2. The number of nitrogens with zero attached hydrogens (tertiary/aromatic N) is 2. The molecule has 0 aliphatic carbocycles. The van der Waals surface area contributed by atoms with Crippen LogP contribution in [0.2, 0.25) is 0 Å². The van der Waals surface area contributed by atoms with Crippen molar-refractivity contribution in [1.82, 2.24) is 15.2 Å². The fourth-order valence-corrected chi connectivity index (χ4v) is 4.15. The van der Waals surface area contributed by atoms with Crippen molar-refractivity contribution >= 4 is 29.0 Å². The second-order valence-electron chi connectivity index (χ2n) is 7.11. The molecule has 1 saturated heterocycles. The number of urea groups is 1. The van der Waals surface area contributed by atoms with Crippen LogP contribution in [0.25, 0.3) is 0 Å². The van der Waals surface area contributed by atoms with E-state index in [-0.39, 0.29) is 11.6 Å². The lowest BCUT2D eigenvalue weighted by molar-refractivity contribution is 0.0791. The Labute approximate surface area is 172 Å². The lowest BCUT2D eigenvalue weighted by Crippen LogP contribution is -2.29. The first-order valence-corrected chi connectivity index (χ1v) is 10.6. The van der Waals surface area contributed by atoms with Crippen molar-refractivity contribution in [1.29, 1.82) is 0 Å². The van der Waals surface area contributed by atoms with E-state index in [0.717, 1.165) is 62.2 Å². The number of carbonyl (C=O) groups is 2. The first-order valence-electron chi connectivity index (χ1n) is 9.72. The van der Waals surface area contributed by atoms with Crippen LogP contribution in [0, 0.1) is 17.8 Å². The molecule has 156 valence electrons. The molecule has 3 heterocycles. The van der Waals surface area contributed by atoms with Crippen molar-refractivity contribution in [2.45, 2.75) is 32.1 Å². The molecule has 0 bridgehead atoms. The Kier molecular flexibility index (Phi) is 7.51. The number of amides is 3. The first kappa shape index (κ1) is 21.2. The fraction of sp³-hybridized carbons (Fsp3) is 0.450. The number of rotatable bonds is 8. The van der Waals surface area contributed by atoms with E-state index < -0.39 is 17.9 Å². The van der Waals surface area contributed by atoms with E-state index in [1.165, 1.54) is 11.3 Å². The third kappa shape index (κ3) is 6.49. The zero-order valence-electron chi connectivity index (χ0n) is 16.0. The monoisotopic (exact) mass is 422 g/mol. The maximum atomic E-state index is 13.0. The number of unbranched alkanes of at least 4 members (excludes halogenated alkanes) is 2. The zero-order valence-corrected chi connectivity index (χ0v) is 16.8. The minimum atomic E-state index is -0.983. The molecule has 1 aliphatic heterocycles. The first-order chi connectivity index (χ1) is 14.0. The Hall–Kier alpha value is -2.55. The summed E-state index contributed by atoms with van der Waals surface area (Å²) in [5.74, 6) is -1.30. The molecule has 29 heavy (non-hydrogen) atoms. The molecule has 0 aromatic carbocycles. The van der Waals surface area contributed by atoms with Gasteiger partial charge in [0, 0.05) is 31.8 Å². The van der Waals surface area contributed by atoms with E-state index in [4.69, 9.17) is 0 Å². The topological polar surface area (TPSA) is 74.3 Å². The second-order valence-corrected chi connectivity index (χ2v) is 8.06. The summed E-state index contributed by atoms with van der Waals surface area (Å²) < 4.78 is 26.0. The molecule has 6 nitrogen and oxygen atoms in total. The Bertz CT molecular complexity index is 812. The predicted octanol–water partition coefficient (Wildman–Crippen LogP) is 4.27. The molecule has 1 aliphatic rings. The number of carbonyl (C=O) groups excluding carboxylic acids is 2. The summed E-state index contributed by atoms with van der Waals surface area (Å²) in [4.78, 5) is 29.8. The van der Waals surface area contributed by atoms with Crippen molar-refractivity contribution in [3.8, 4) is 0 Å². The maximum absolute atomic E-state index is 13.0. The van der Waals surface area contributed by atoms with Crippen LogP contribution < -0.4 is 10.6 Å². The van der Waals surface area contributed by atoms with E-state index in [1.54, 1.807) is 0 Å². The highest BCUT2D eigenvalue weighted by atomic mass is 32.1. The van der Waals surface area contributed by atoms with Crippen molar-refractivity contribution in [2.75, 3.05) is 25.0 Å². The summed E-state index contributed by atoms with van der Waals surface area (Å²) in [6.07, 6.45) is 4.92. The van der Waals surface area contributed by atoms with Gasteiger partial charge in [-0.1, -0.05) is 18.9 Å². The molecule has 2 aromatic rings. The van der Waals surface area contributed by atoms with Gasteiger partial charge < -0.3 is 15.5 Å². The molecule has 3 amide bonds. The third-order valence-electron chi connectivity index (χ3n) is 4.90. The predicted molar refractivity (Wildman–Crippen MR) is 108 cm³/mol. The maximum Gasteiger partial charge on any atom is 0.319 e. The molecule has 1 unspecified atom stereocenters. The van der Waals surface area contributed by atoms with E-state index in [2.05, 4.69) is 15.6 Å². The number of hydrogen-bond donors (Lipinski definition) is 2. The number of pyridine rings is 1. The normalized spacial score (nSPS) is 16.1. The van der Waals surface area contributed by atoms with Crippen LogP contribution in [-0.2, 0) is 0 Å². The summed E-state index contributed by atoms with van der Waals surface area (Å²) in [6.45, 7) is 2.12. The van der Waals surface area contributed by atoms with Crippen molar-refractivity contribution < 1.29 is 18.4 Å². The average molecular weight is 423 g/mol. The molecule has 0 spiro atoms. The van der Waals surface area contributed by atoms with Crippen molar-refractivity contribution in [3.63, 3.8) is 0 Å². The smallest absolute Gasteiger partial charge is 0.319 e. The van der Waals surface area contributed by atoms with Gasteiger partial charge in [0.05, 0.1) is 10.6 Å². The molecule has 0 saturated carbocycles. The Morgan fingerprint density at radius 2 is 2.00 bits per heavy atom. The van der Waals surface area contributed by atoms with Gasteiger partial charge in [0.1, 0.15) is 0 Å². The van der Waals surface area contributed by atoms with Crippen LogP contribution in [0.4, 0.5) is 19.3 Å². The lowest BCUT2D eigenvalue weighted by Gasteiger charge is -2.15. The summed E-state index contributed by atoms with van der Waals surface area (Å²) in [7, 11) is 0. The zero-order chi connectivity index (χ0) is 20.6. The quantitative estimate of drug-likeness (QED) is 0.493. The van der Waals surface area contributed by atoms with Gasteiger partial charge in [-0.2, -0.15) is 13.8 Å². The number of anilines is 1. The van der Waals surface area contributed by atoms with Gasteiger partial charge >= 0.3 is 6.03 Å². The summed E-state index contributed by atoms with van der Waals surface area (Å²) >= 11 is 1.48. The molecule has 1 atom stereocenters. The van der Waals surface area contributed by atoms with Gasteiger partial charge in [-0.25, -0.2) is 4.79 Å². The van der Waals surface area contributed by atoms with Crippen LogP contribution in [0.5, 0.6) is 0 Å². The van der Waals surface area contributed by atoms with Gasteiger partial charge in [0.15, 0.2) is 0 Å². The SMILES string of the molecule is O=C(NCCCCCC1CCN(C(=O)c2cccs2)C1)Nc1cc(F)nc(F)c1. The molecule has 2 aromatic heterocycles. The van der Waals surface area contributed by atoms with E-state index >= 15 is 0 Å². The molecular formula is C20H24F2N4O2S. The summed E-state index contributed by atoms with van der Waals surface area (Å²) in [5.41, 5.74) is 0.0235. The van der Waals surface area contributed by atoms with Gasteiger partial charge in [0.25, 0.3) is 5.91 Å². The number of likely N-dealkylation sites (tertiary alicyclic amines) is 1.